The van der Waals surface area contributed by atoms with Crippen LogP contribution >= 0.6 is 22.9 Å². The number of carboxylic acids is 1. The van der Waals surface area contributed by atoms with Crippen molar-refractivity contribution in [3.05, 3.63) is 52.4 Å². The number of nitrogen functional groups attached to an aromatic ring is 1. The van der Waals surface area contributed by atoms with Crippen LogP contribution in [0.1, 0.15) is 19.5 Å². The lowest BCUT2D eigenvalue weighted by Crippen LogP contribution is -2.76. The Morgan fingerprint density at radius 1 is 1.33 bits per heavy atom. The predicted molar refractivity (Wildman–Crippen MR) is 170 cm³/mol. The van der Waals surface area contributed by atoms with Crippen LogP contribution in [0.2, 0.25) is 4.34 Å². The van der Waals surface area contributed by atoms with Gasteiger partial charge >= 0.3 is 5.97 Å². The number of carbonyl (C=O) groups is 3. The number of nitrogens with one attached hydrogen (secondary N) is 2. The number of amides is 2. The van der Waals surface area contributed by atoms with Gasteiger partial charge in [0.2, 0.25) is 10.4 Å². The molecule has 264 valence electrons. The van der Waals surface area contributed by atoms with Crippen LogP contribution in [0.25, 0.3) is 11.1 Å². The zero-order valence-electron chi connectivity index (χ0n) is 25.9. The summed E-state index contributed by atoms with van der Waals surface area (Å²) in [6.07, 6.45) is -0.149. The number of nitrogens with zero attached hydrogens (tertiary/aromatic N) is 4. The fourth-order valence-corrected chi connectivity index (χ4v) is 5.85. The number of pyridine rings is 1. The molecule has 3 aromatic rings. The van der Waals surface area contributed by atoms with Gasteiger partial charge < -0.3 is 36.0 Å². The zero-order chi connectivity index (χ0) is 36.3. The van der Waals surface area contributed by atoms with E-state index >= 15 is 4.39 Å². The van der Waals surface area contributed by atoms with Gasteiger partial charge in [0.15, 0.2) is 10.8 Å². The molecule has 0 radical (unpaired) electrons. The summed E-state index contributed by atoms with van der Waals surface area (Å²) >= 11 is 6.90. The lowest BCUT2D eigenvalue weighted by molar-refractivity contribution is -0.656. The monoisotopic (exact) mass is 744 g/mol. The Kier molecular flexibility index (Phi) is 11.3. The van der Waals surface area contributed by atoms with Crippen molar-refractivity contribution in [2.75, 3.05) is 30.7 Å². The molecule has 1 fully saturated rings. The zero-order valence-corrected chi connectivity index (χ0v) is 28.3. The minimum atomic E-state index is -5.31. The van der Waals surface area contributed by atoms with Crippen LogP contribution in [0.5, 0.6) is 5.75 Å². The van der Waals surface area contributed by atoms with Crippen LogP contribution in [0, 0.1) is 5.82 Å². The quantitative estimate of drug-likeness (QED) is 0.0346. The van der Waals surface area contributed by atoms with E-state index in [1.54, 1.807) is 29.9 Å². The van der Waals surface area contributed by atoms with Gasteiger partial charge in [0.05, 0.1) is 25.3 Å². The van der Waals surface area contributed by atoms with Crippen LogP contribution in [0.3, 0.4) is 0 Å². The molecule has 49 heavy (non-hydrogen) atoms. The number of carboxylic acid groups (broad SMARTS) is 1. The summed E-state index contributed by atoms with van der Waals surface area (Å²) in [6, 6.07) is 5.95. The number of oxime groups is 1. The average molecular weight is 745 g/mol. The van der Waals surface area contributed by atoms with Gasteiger partial charge in [-0.1, -0.05) is 28.1 Å². The van der Waals surface area contributed by atoms with Crippen molar-refractivity contribution < 1.29 is 55.3 Å². The van der Waals surface area contributed by atoms with Gasteiger partial charge in [-0.2, -0.15) is 9.35 Å². The second-order valence-electron chi connectivity index (χ2n) is 10.8. The summed E-state index contributed by atoms with van der Waals surface area (Å²) in [5.41, 5.74) is 9.43. The summed E-state index contributed by atoms with van der Waals surface area (Å²) in [4.78, 5) is 46.8. The van der Waals surface area contributed by atoms with Crippen molar-refractivity contribution in [1.82, 2.24) is 15.4 Å². The number of aliphatic carboxylic acids is 1. The number of hydrogen-bond acceptors (Lipinski definition) is 15. The van der Waals surface area contributed by atoms with Crippen LogP contribution < -0.4 is 31.4 Å². The van der Waals surface area contributed by atoms with Crippen molar-refractivity contribution in [3.63, 3.8) is 0 Å². The maximum absolute atomic E-state index is 15.1. The number of halogens is 2. The fourth-order valence-electron chi connectivity index (χ4n) is 4.48. The molecule has 2 aromatic heterocycles. The van der Waals surface area contributed by atoms with Gasteiger partial charge in [0, 0.05) is 29.8 Å². The minimum Gasteiger partial charge on any atom is -0.724 e. The lowest BCUT2D eigenvalue weighted by atomic mass is 9.84. The first-order valence-electron chi connectivity index (χ1n) is 14.0. The highest BCUT2D eigenvalue weighted by Gasteiger charge is 2.57. The number of carbonyl (C=O) groups excluding carboxylic acids is 2. The Morgan fingerprint density at radius 3 is 2.59 bits per heavy atom. The van der Waals surface area contributed by atoms with Crippen LogP contribution in [-0.4, -0.2) is 89.0 Å². The smallest absolute Gasteiger partial charge is 0.351 e. The first-order valence-corrected chi connectivity index (χ1v) is 16.5. The number of β-lactam (4-membered cyclic amide) rings is 1. The lowest BCUT2D eigenvalue weighted by Gasteiger charge is -2.51. The number of aryl methyl sites for hydroxylation is 1. The van der Waals surface area contributed by atoms with Gasteiger partial charge in [-0.15, -0.1) is 0 Å². The number of hydrogen-bond donors (Lipinski definition) is 5. The third kappa shape index (κ3) is 8.68. The maximum Gasteiger partial charge on any atom is 0.351 e. The highest BCUT2D eigenvalue weighted by Crippen LogP contribution is 2.33. The molecular formula is C27H30ClFN8O10S2. The van der Waals surface area contributed by atoms with E-state index < -0.39 is 64.0 Å². The van der Waals surface area contributed by atoms with Crippen molar-refractivity contribution >= 4 is 67.8 Å². The Labute approximate surface area is 287 Å². The molecule has 2 amide bonds. The third-order valence-corrected chi connectivity index (χ3v) is 8.36. The summed E-state index contributed by atoms with van der Waals surface area (Å²) in [5.74, 6) is -3.78. The van der Waals surface area contributed by atoms with Crippen molar-refractivity contribution in [2.45, 2.75) is 31.5 Å². The van der Waals surface area contributed by atoms with Gasteiger partial charge in [-0.3, -0.25) is 14.9 Å². The van der Waals surface area contributed by atoms with Crippen LogP contribution in [0.15, 0.2) is 41.7 Å². The average Bonchev–Trinajstić information content (AvgIpc) is 3.35. The van der Waals surface area contributed by atoms with Gasteiger partial charge in [-0.05, 0) is 32.0 Å². The van der Waals surface area contributed by atoms with Crippen molar-refractivity contribution in [3.8, 4) is 16.9 Å². The molecule has 1 aromatic carbocycles. The molecule has 22 heteroatoms. The van der Waals surface area contributed by atoms with E-state index in [1.165, 1.54) is 26.0 Å². The molecule has 0 aliphatic carbocycles. The Bertz CT molecular complexity index is 1910. The predicted octanol–water partition coefficient (Wildman–Crippen LogP) is 0.130. The first kappa shape index (κ1) is 37.2. The maximum atomic E-state index is 15.1. The fraction of sp³-hybridized carbons (Fsp3) is 0.333. The number of nitrogens with two attached hydrogens (primary N) is 2. The minimum absolute atomic E-state index is 0.0448. The van der Waals surface area contributed by atoms with E-state index in [9.17, 15) is 32.5 Å². The van der Waals surface area contributed by atoms with Crippen LogP contribution in [0.4, 0.5) is 15.3 Å². The van der Waals surface area contributed by atoms with E-state index in [-0.39, 0.29) is 31.5 Å². The normalized spacial score (nSPS) is 16.5. The number of ether oxygens (including phenoxy) is 1. The summed E-state index contributed by atoms with van der Waals surface area (Å²) in [7, 11) is -3.54. The van der Waals surface area contributed by atoms with E-state index in [1.807, 2.05) is 0 Å². The second kappa shape index (κ2) is 14.8. The SMILES string of the molecule is C[n+]1cc(-c2ccc(OCC(O/N=C(\C(=O)N[C@@H]3C(=O)N(OS(=O)(=O)[O-])C3(C)C)c3nc(N)sc3Cl)C(=O)O)cc2F)ccc1NCCN. The second-order valence-corrected chi connectivity index (χ2v) is 13.4. The molecule has 4 rings (SSSR count). The Morgan fingerprint density at radius 2 is 2.04 bits per heavy atom. The molecule has 1 aliphatic rings. The molecule has 1 unspecified atom stereocenters. The number of benzene rings is 1. The van der Waals surface area contributed by atoms with E-state index in [4.69, 9.17) is 32.6 Å². The van der Waals surface area contributed by atoms with Gasteiger partial charge in [-0.25, -0.2) is 27.2 Å². The summed E-state index contributed by atoms with van der Waals surface area (Å²) < 4.78 is 59.3. The van der Waals surface area contributed by atoms with E-state index in [0.29, 0.717) is 18.7 Å². The molecular weight excluding hydrogens is 715 g/mol. The number of anilines is 2. The highest BCUT2D eigenvalue weighted by molar-refractivity contribution is 7.80. The Balaban J connectivity index is 1.50. The molecule has 0 bridgehead atoms. The number of hydroxylamine groups is 2. The first-order chi connectivity index (χ1) is 22.9. The highest BCUT2D eigenvalue weighted by atomic mass is 35.5. The van der Waals surface area contributed by atoms with Crippen LogP contribution in [-0.2, 0) is 41.0 Å². The number of thiazole rings is 1. The van der Waals surface area contributed by atoms with E-state index in [0.717, 1.165) is 23.2 Å². The molecule has 18 nitrogen and oxygen atoms in total. The largest absolute Gasteiger partial charge is 0.724 e. The molecule has 3 heterocycles. The topological polar surface area (TPSA) is 265 Å². The molecule has 1 saturated heterocycles. The van der Waals surface area contributed by atoms with Crippen molar-refractivity contribution in [2.24, 2.45) is 17.9 Å². The molecule has 1 aliphatic heterocycles. The molecule has 7 N–H and O–H groups in total. The summed E-state index contributed by atoms with van der Waals surface area (Å²) in [6.45, 7) is 2.85. The van der Waals surface area contributed by atoms with Gasteiger partial charge in [0.1, 0.15) is 34.2 Å². The number of aromatic nitrogens is 2. The molecule has 0 saturated carbocycles. The molecule has 2 atom stereocenters. The Hall–Kier alpha value is -4.67. The number of rotatable bonds is 15. The molecule has 0 spiro atoms. The van der Waals surface area contributed by atoms with Gasteiger partial charge in [0.25, 0.3) is 23.7 Å². The summed E-state index contributed by atoms with van der Waals surface area (Å²) in [5, 5.41) is 18.9. The van der Waals surface area contributed by atoms with Crippen molar-refractivity contribution in [1.29, 1.82) is 0 Å². The third-order valence-electron chi connectivity index (χ3n) is 6.94. The standard InChI is InChI=1S/C27H30ClFN8O10S2/c1-27(2)21(24(39)37(27)47-49(42,43)44)34-23(38)20(19-22(28)48-26(31)33-19)35-46-17(25(40)41)12-45-14-5-6-15(16(29)10-14)13-4-7-18(32-9-8-30)36(3)11-13/h4-7,10-11,17,21H,8-9,12,30H2,1-3H3,(H5,31,33,34,38,40,41,42,43,44)/b35-20-/t17?,21-/m1/s1. The van der Waals surface area contributed by atoms with E-state index in [2.05, 4.69) is 25.1 Å².